The van der Waals surface area contributed by atoms with Crippen LogP contribution in [0.2, 0.25) is 0 Å². The Morgan fingerprint density at radius 3 is 1.95 bits per heavy atom. The molecule has 20 heavy (non-hydrogen) atoms. The summed E-state index contributed by atoms with van der Waals surface area (Å²) in [5.74, 6) is -3.30. The van der Waals surface area contributed by atoms with Gasteiger partial charge in [0.25, 0.3) is 0 Å². The van der Waals surface area contributed by atoms with Crippen LogP contribution in [0.1, 0.15) is 20.8 Å². The molecule has 116 valence electrons. The standard InChI is InChI=1S/C12H21O7P/c1-5-17-11(14)9(8-20(4,16)19-7-3)10(13)12(15)18-6-2/h13H,5-8H2,1-4H3/p-1/b10-9+. The Morgan fingerprint density at radius 1 is 1.00 bits per heavy atom. The Morgan fingerprint density at radius 2 is 1.50 bits per heavy atom. The van der Waals surface area contributed by atoms with Gasteiger partial charge in [-0.3, -0.25) is 4.57 Å². The second-order valence-electron chi connectivity index (χ2n) is 3.84. The lowest BCUT2D eigenvalue weighted by Crippen LogP contribution is -2.26. The molecule has 0 aliphatic carbocycles. The van der Waals surface area contributed by atoms with Crippen molar-refractivity contribution in [3.8, 4) is 0 Å². The van der Waals surface area contributed by atoms with Gasteiger partial charge in [0.15, 0.2) is 0 Å². The molecule has 0 bridgehead atoms. The normalized spacial score (nSPS) is 15.0. The summed E-state index contributed by atoms with van der Waals surface area (Å²) in [7, 11) is -3.21. The van der Waals surface area contributed by atoms with E-state index in [9.17, 15) is 19.3 Å². The summed E-state index contributed by atoms with van der Waals surface area (Å²) < 4.78 is 26.3. The van der Waals surface area contributed by atoms with Gasteiger partial charge in [0.05, 0.1) is 26.0 Å². The molecule has 0 fully saturated rings. The number of esters is 2. The van der Waals surface area contributed by atoms with E-state index in [1.807, 2.05) is 0 Å². The van der Waals surface area contributed by atoms with E-state index in [-0.39, 0.29) is 19.8 Å². The van der Waals surface area contributed by atoms with Crippen molar-refractivity contribution >= 4 is 19.3 Å². The van der Waals surface area contributed by atoms with Crippen molar-refractivity contribution in [1.82, 2.24) is 0 Å². The van der Waals surface area contributed by atoms with Gasteiger partial charge in [-0.25, -0.2) is 9.59 Å². The van der Waals surface area contributed by atoms with E-state index in [0.29, 0.717) is 0 Å². The van der Waals surface area contributed by atoms with Gasteiger partial charge in [-0.05, 0) is 26.5 Å². The van der Waals surface area contributed by atoms with Crippen LogP contribution < -0.4 is 5.11 Å². The molecular formula is C12H20O7P-. The lowest BCUT2D eigenvalue weighted by atomic mass is 10.2. The highest BCUT2D eigenvalue weighted by molar-refractivity contribution is 7.58. The Balaban J connectivity index is 5.38. The minimum Gasteiger partial charge on any atom is -0.867 e. The van der Waals surface area contributed by atoms with E-state index >= 15 is 0 Å². The molecule has 8 heteroatoms. The van der Waals surface area contributed by atoms with Crippen molar-refractivity contribution in [3.05, 3.63) is 11.3 Å². The number of hydrogen-bond acceptors (Lipinski definition) is 7. The fourth-order valence-corrected chi connectivity index (χ4v) is 2.86. The number of ether oxygens (including phenoxy) is 2. The smallest absolute Gasteiger partial charge is 0.334 e. The van der Waals surface area contributed by atoms with Gasteiger partial charge in [0.1, 0.15) is 0 Å². The monoisotopic (exact) mass is 307 g/mol. The molecular weight excluding hydrogens is 287 g/mol. The van der Waals surface area contributed by atoms with Crippen molar-refractivity contribution in [3.63, 3.8) is 0 Å². The van der Waals surface area contributed by atoms with E-state index < -0.39 is 36.8 Å². The molecule has 0 aliphatic heterocycles. The Labute approximate surface area is 118 Å². The first-order valence-electron chi connectivity index (χ1n) is 6.24. The maximum Gasteiger partial charge on any atom is 0.334 e. The summed E-state index contributed by atoms with van der Waals surface area (Å²) in [6, 6.07) is 0. The molecule has 0 radical (unpaired) electrons. The summed E-state index contributed by atoms with van der Waals surface area (Å²) >= 11 is 0. The first-order chi connectivity index (χ1) is 9.29. The predicted molar refractivity (Wildman–Crippen MR) is 70.3 cm³/mol. The molecule has 1 unspecified atom stereocenters. The second kappa shape index (κ2) is 8.76. The van der Waals surface area contributed by atoms with Crippen LogP contribution in [0.4, 0.5) is 0 Å². The van der Waals surface area contributed by atoms with Crippen molar-refractivity contribution in [1.29, 1.82) is 0 Å². The topological polar surface area (TPSA) is 102 Å². The van der Waals surface area contributed by atoms with Crippen molar-refractivity contribution in [2.75, 3.05) is 32.6 Å². The zero-order chi connectivity index (χ0) is 15.8. The van der Waals surface area contributed by atoms with E-state index in [2.05, 4.69) is 4.74 Å². The molecule has 0 saturated carbocycles. The van der Waals surface area contributed by atoms with E-state index in [1.165, 1.54) is 13.6 Å². The van der Waals surface area contributed by atoms with Crippen LogP contribution in [0.25, 0.3) is 0 Å². The summed E-state index contributed by atoms with van der Waals surface area (Å²) in [5.41, 5.74) is -0.510. The lowest BCUT2D eigenvalue weighted by Gasteiger charge is -2.20. The molecule has 0 rings (SSSR count). The van der Waals surface area contributed by atoms with Crippen molar-refractivity contribution < 1.29 is 33.3 Å². The summed E-state index contributed by atoms with van der Waals surface area (Å²) in [6.45, 7) is 6.19. The third kappa shape index (κ3) is 6.21. The zero-order valence-corrected chi connectivity index (χ0v) is 13.0. The minimum atomic E-state index is -3.21. The molecule has 0 aliphatic rings. The summed E-state index contributed by atoms with van der Waals surface area (Å²) in [5, 5.41) is 11.8. The third-order valence-electron chi connectivity index (χ3n) is 2.10. The van der Waals surface area contributed by atoms with Gasteiger partial charge in [-0.2, -0.15) is 0 Å². The van der Waals surface area contributed by atoms with Gasteiger partial charge in [-0.1, -0.05) is 0 Å². The molecule has 0 heterocycles. The third-order valence-corrected chi connectivity index (χ3v) is 3.80. The van der Waals surface area contributed by atoms with Crippen LogP contribution >= 0.6 is 7.37 Å². The maximum atomic E-state index is 12.1. The van der Waals surface area contributed by atoms with Crippen LogP contribution in [0.3, 0.4) is 0 Å². The van der Waals surface area contributed by atoms with Gasteiger partial charge in [0, 0.05) is 12.2 Å². The lowest BCUT2D eigenvalue weighted by molar-refractivity contribution is -0.305. The first kappa shape index (κ1) is 18.7. The fraction of sp³-hybridized carbons (Fsp3) is 0.667. The molecule has 1 atom stereocenters. The highest BCUT2D eigenvalue weighted by atomic mass is 31.2. The van der Waals surface area contributed by atoms with E-state index in [4.69, 9.17) is 9.26 Å². The molecule has 0 aromatic carbocycles. The second-order valence-corrected chi connectivity index (χ2v) is 6.44. The van der Waals surface area contributed by atoms with Gasteiger partial charge in [0.2, 0.25) is 7.37 Å². The van der Waals surface area contributed by atoms with Crippen LogP contribution in [0.5, 0.6) is 0 Å². The molecule has 0 N–H and O–H groups in total. The van der Waals surface area contributed by atoms with E-state index in [0.717, 1.165) is 0 Å². The zero-order valence-electron chi connectivity index (χ0n) is 12.1. The van der Waals surface area contributed by atoms with Gasteiger partial charge < -0.3 is 19.1 Å². The number of hydrogen-bond donors (Lipinski definition) is 0. The van der Waals surface area contributed by atoms with Crippen LogP contribution in [0, 0.1) is 0 Å². The van der Waals surface area contributed by atoms with Gasteiger partial charge in [-0.15, -0.1) is 0 Å². The Kier molecular flexibility index (Phi) is 8.18. The quantitative estimate of drug-likeness (QED) is 0.281. The summed E-state index contributed by atoms with van der Waals surface area (Å²) in [4.78, 5) is 23.1. The Hall–Kier alpha value is -1.33. The van der Waals surface area contributed by atoms with Crippen molar-refractivity contribution in [2.45, 2.75) is 20.8 Å². The van der Waals surface area contributed by atoms with Gasteiger partial charge >= 0.3 is 11.9 Å². The average Bonchev–Trinajstić information content (AvgIpc) is 2.35. The van der Waals surface area contributed by atoms with Crippen LogP contribution in [0.15, 0.2) is 11.3 Å². The molecule has 0 aromatic heterocycles. The molecule has 0 aromatic rings. The predicted octanol–water partition coefficient (Wildman–Crippen LogP) is 0.671. The highest BCUT2D eigenvalue weighted by Crippen LogP contribution is 2.44. The number of carbonyl (C=O) groups excluding carboxylic acids is 2. The maximum absolute atomic E-state index is 12.1. The van der Waals surface area contributed by atoms with Crippen LogP contribution in [-0.2, 0) is 28.2 Å². The van der Waals surface area contributed by atoms with Crippen LogP contribution in [-0.4, -0.2) is 44.6 Å². The van der Waals surface area contributed by atoms with E-state index in [1.54, 1.807) is 13.8 Å². The highest BCUT2D eigenvalue weighted by Gasteiger charge is 2.25. The first-order valence-corrected chi connectivity index (χ1v) is 8.50. The minimum absolute atomic E-state index is 0.00404. The van der Waals surface area contributed by atoms with Crippen molar-refractivity contribution in [2.24, 2.45) is 0 Å². The number of rotatable bonds is 8. The average molecular weight is 307 g/mol. The molecule has 0 saturated heterocycles. The molecule has 7 nitrogen and oxygen atoms in total. The Bertz CT molecular complexity index is 428. The largest absolute Gasteiger partial charge is 0.867 e. The molecule has 0 spiro atoms. The fourth-order valence-electron chi connectivity index (χ4n) is 1.37. The SMILES string of the molecule is CCOC(=O)/C([O-])=C(/CP(C)(=O)OCC)C(=O)OCC. The summed E-state index contributed by atoms with van der Waals surface area (Å²) in [6.07, 6.45) is -0.461. The molecule has 0 amide bonds. The number of carbonyl (C=O) groups is 2.